The first-order valence-corrected chi connectivity index (χ1v) is 3.67. The molecule has 0 aromatic carbocycles. The molecule has 0 fully saturated rings. The van der Waals surface area contributed by atoms with Gasteiger partial charge in [-0.15, -0.1) is 0 Å². The minimum atomic E-state index is -0.292. The van der Waals surface area contributed by atoms with Crippen LogP contribution < -0.4 is 0 Å². The molecule has 0 atom stereocenters. The van der Waals surface area contributed by atoms with E-state index in [0.717, 1.165) is 0 Å². The third-order valence-corrected chi connectivity index (χ3v) is 1.93. The molecule has 2 rings (SSSR count). The van der Waals surface area contributed by atoms with E-state index in [2.05, 4.69) is 30.9 Å². The molecule has 4 nitrogen and oxygen atoms in total. The average Bonchev–Trinajstić information content (AvgIpc) is 2.34. The van der Waals surface area contributed by atoms with Crippen molar-refractivity contribution in [1.29, 1.82) is 0 Å². The lowest BCUT2D eigenvalue weighted by Crippen LogP contribution is -2.11. The zero-order valence-electron chi connectivity index (χ0n) is 5.28. The molecule has 0 aromatic heterocycles. The van der Waals surface area contributed by atoms with E-state index in [1.165, 1.54) is 6.34 Å². The molecule has 11 heavy (non-hydrogen) atoms. The van der Waals surface area contributed by atoms with E-state index >= 15 is 0 Å². The maximum absolute atomic E-state index is 11.0. The van der Waals surface area contributed by atoms with Crippen LogP contribution >= 0.6 is 15.9 Å². The van der Waals surface area contributed by atoms with Gasteiger partial charge in [0.1, 0.15) is 11.9 Å². The average molecular weight is 212 g/mol. The second kappa shape index (κ2) is 2.20. The summed E-state index contributed by atoms with van der Waals surface area (Å²) in [4.78, 5) is 22.2. The third kappa shape index (κ3) is 0.883. The molecule has 0 saturated carbocycles. The Bertz CT molecular complexity index is 351. The Morgan fingerprint density at radius 2 is 2.18 bits per heavy atom. The summed E-state index contributed by atoms with van der Waals surface area (Å²) < 4.78 is 0.651. The van der Waals surface area contributed by atoms with Gasteiger partial charge in [0.2, 0.25) is 0 Å². The van der Waals surface area contributed by atoms with Gasteiger partial charge in [-0.2, -0.15) is 4.99 Å². The highest BCUT2D eigenvalue weighted by atomic mass is 79.9. The fraction of sp³-hybridized carbons (Fsp3) is 0. The topological polar surface area (TPSA) is 54.1 Å². The van der Waals surface area contributed by atoms with Crippen LogP contribution in [0.4, 0.5) is 0 Å². The first-order valence-electron chi connectivity index (χ1n) is 2.88. The molecular weight excluding hydrogens is 210 g/mol. The number of carbonyl (C=O) groups is 1. The maximum Gasteiger partial charge on any atom is 0.283 e. The van der Waals surface area contributed by atoms with E-state index in [-0.39, 0.29) is 5.91 Å². The van der Waals surface area contributed by atoms with Crippen molar-refractivity contribution in [3.63, 3.8) is 0 Å². The molecule has 0 spiro atoms. The number of halogens is 1. The van der Waals surface area contributed by atoms with Crippen molar-refractivity contribution in [3.05, 3.63) is 10.1 Å². The van der Waals surface area contributed by atoms with E-state index < -0.39 is 0 Å². The molecule has 2 aliphatic heterocycles. The van der Waals surface area contributed by atoms with Crippen molar-refractivity contribution in [1.82, 2.24) is 0 Å². The van der Waals surface area contributed by atoms with Crippen molar-refractivity contribution in [2.45, 2.75) is 0 Å². The summed E-state index contributed by atoms with van der Waals surface area (Å²) in [7, 11) is 0. The van der Waals surface area contributed by atoms with Crippen molar-refractivity contribution >= 4 is 40.2 Å². The Morgan fingerprint density at radius 3 is 2.91 bits per heavy atom. The van der Waals surface area contributed by atoms with Crippen LogP contribution in [0.1, 0.15) is 0 Å². The van der Waals surface area contributed by atoms with Crippen molar-refractivity contribution in [3.8, 4) is 0 Å². The molecular formula is C6H2BrN3O. The van der Waals surface area contributed by atoms with Crippen LogP contribution in [-0.4, -0.2) is 24.3 Å². The molecule has 1 amide bonds. The monoisotopic (exact) mass is 211 g/mol. The van der Waals surface area contributed by atoms with Gasteiger partial charge in [0.15, 0.2) is 5.84 Å². The lowest BCUT2D eigenvalue weighted by molar-refractivity contribution is -0.113. The second-order valence-corrected chi connectivity index (χ2v) is 2.84. The van der Waals surface area contributed by atoms with Crippen LogP contribution in [0.15, 0.2) is 25.0 Å². The number of nitrogens with zero attached hydrogens (tertiary/aromatic N) is 3. The van der Waals surface area contributed by atoms with E-state index in [1.807, 2.05) is 0 Å². The minimum absolute atomic E-state index is 0.292. The summed E-state index contributed by atoms with van der Waals surface area (Å²) in [6, 6.07) is 0. The standard InChI is InChI=1S/C6H2BrN3O/c7-3-1-8-5-4(3)6(11)10-2-9-5/h1-2H. The van der Waals surface area contributed by atoms with E-state index in [4.69, 9.17) is 0 Å². The van der Waals surface area contributed by atoms with Crippen LogP contribution in [0.2, 0.25) is 0 Å². The fourth-order valence-electron chi connectivity index (χ4n) is 0.850. The van der Waals surface area contributed by atoms with Crippen LogP contribution in [-0.2, 0) is 4.79 Å². The van der Waals surface area contributed by atoms with Crippen LogP contribution in [0, 0.1) is 0 Å². The first kappa shape index (κ1) is 6.60. The van der Waals surface area contributed by atoms with Gasteiger partial charge in [-0.05, 0) is 15.9 Å². The quantitative estimate of drug-likeness (QED) is 0.582. The Labute approximate surface area is 70.6 Å². The van der Waals surface area contributed by atoms with Crippen molar-refractivity contribution in [2.75, 3.05) is 0 Å². The SMILES string of the molecule is O=C1N=CN=C2N=CC(Br)=C12. The van der Waals surface area contributed by atoms with Crippen LogP contribution in [0.3, 0.4) is 0 Å². The fourth-order valence-corrected chi connectivity index (χ4v) is 1.30. The summed E-state index contributed by atoms with van der Waals surface area (Å²) >= 11 is 3.18. The number of amidine groups is 1. The molecule has 0 bridgehead atoms. The molecule has 0 radical (unpaired) electrons. The van der Waals surface area contributed by atoms with E-state index in [9.17, 15) is 4.79 Å². The zero-order valence-corrected chi connectivity index (χ0v) is 6.87. The summed E-state index contributed by atoms with van der Waals surface area (Å²) in [5, 5.41) is 0. The number of aliphatic imine (C=N–C) groups is 3. The molecule has 2 heterocycles. The number of fused-ring (bicyclic) bond motifs is 1. The Kier molecular flexibility index (Phi) is 1.32. The predicted octanol–water partition coefficient (Wildman–Crippen LogP) is 0.687. The number of hydrogen-bond acceptors (Lipinski definition) is 3. The molecule has 0 aliphatic carbocycles. The van der Waals surface area contributed by atoms with Gasteiger partial charge in [0.25, 0.3) is 5.91 Å². The highest BCUT2D eigenvalue weighted by Crippen LogP contribution is 2.21. The predicted molar refractivity (Wildman–Crippen MR) is 45.4 cm³/mol. The summed E-state index contributed by atoms with van der Waals surface area (Å²) in [5.74, 6) is 0.149. The molecule has 0 saturated heterocycles. The highest BCUT2D eigenvalue weighted by Gasteiger charge is 2.24. The van der Waals surface area contributed by atoms with Gasteiger partial charge in [-0.25, -0.2) is 9.98 Å². The van der Waals surface area contributed by atoms with Crippen molar-refractivity contribution < 1.29 is 4.79 Å². The largest absolute Gasteiger partial charge is 0.283 e. The Morgan fingerprint density at radius 1 is 1.36 bits per heavy atom. The van der Waals surface area contributed by atoms with E-state index in [1.54, 1.807) is 6.21 Å². The minimum Gasteiger partial charge on any atom is -0.267 e. The lowest BCUT2D eigenvalue weighted by Gasteiger charge is -2.00. The third-order valence-electron chi connectivity index (χ3n) is 1.33. The summed E-state index contributed by atoms with van der Waals surface area (Å²) in [6.07, 6.45) is 2.75. The highest BCUT2D eigenvalue weighted by molar-refractivity contribution is 9.12. The van der Waals surface area contributed by atoms with Gasteiger partial charge in [-0.1, -0.05) is 0 Å². The first-order chi connectivity index (χ1) is 5.29. The molecule has 54 valence electrons. The number of carbonyl (C=O) groups excluding carboxylic acids is 1. The summed E-state index contributed by atoms with van der Waals surface area (Å²) in [5.41, 5.74) is 0.451. The van der Waals surface area contributed by atoms with E-state index in [0.29, 0.717) is 15.9 Å². The molecule has 0 aromatic rings. The molecule has 0 unspecified atom stereocenters. The second-order valence-electron chi connectivity index (χ2n) is 1.98. The van der Waals surface area contributed by atoms with Gasteiger partial charge < -0.3 is 0 Å². The molecule has 5 heteroatoms. The maximum atomic E-state index is 11.0. The lowest BCUT2D eigenvalue weighted by atomic mass is 10.2. The molecule has 2 aliphatic rings. The van der Waals surface area contributed by atoms with Gasteiger partial charge in [0, 0.05) is 6.21 Å². The number of hydrogen-bond donors (Lipinski definition) is 0. The number of allylic oxidation sites excluding steroid dienone is 1. The number of rotatable bonds is 0. The molecule has 0 N–H and O–H groups in total. The van der Waals surface area contributed by atoms with Gasteiger partial charge in [-0.3, -0.25) is 4.79 Å². The summed E-state index contributed by atoms with van der Waals surface area (Å²) in [6.45, 7) is 0. The Hall–Kier alpha value is -1.10. The Balaban J connectivity index is 2.61. The smallest absolute Gasteiger partial charge is 0.267 e. The van der Waals surface area contributed by atoms with Crippen molar-refractivity contribution in [2.24, 2.45) is 15.0 Å². The zero-order chi connectivity index (χ0) is 7.84. The van der Waals surface area contributed by atoms with Crippen LogP contribution in [0.25, 0.3) is 0 Å². The number of amides is 1. The van der Waals surface area contributed by atoms with Gasteiger partial charge in [0.05, 0.1) is 4.48 Å². The van der Waals surface area contributed by atoms with Crippen LogP contribution in [0.5, 0.6) is 0 Å². The normalized spacial score (nSPS) is 20.8. The van der Waals surface area contributed by atoms with Gasteiger partial charge >= 0.3 is 0 Å².